The number of pyridine rings is 1. The summed E-state index contributed by atoms with van der Waals surface area (Å²) >= 11 is 1.22. The van der Waals surface area contributed by atoms with Gasteiger partial charge in [-0.15, -0.1) is 11.3 Å². The molecule has 23 heavy (non-hydrogen) atoms. The molecular weight excluding hydrogens is 334 g/mol. The van der Waals surface area contributed by atoms with E-state index in [9.17, 15) is 8.42 Å². The molecular formula is C14H13N5O2S2. The van der Waals surface area contributed by atoms with Crippen LogP contribution in [0.25, 0.3) is 0 Å². The van der Waals surface area contributed by atoms with Crippen LogP contribution < -0.4 is 15.8 Å². The summed E-state index contributed by atoms with van der Waals surface area (Å²) in [4.78, 5) is 8.04. The lowest BCUT2D eigenvalue weighted by atomic mass is 10.3. The number of nitrogens with one attached hydrogen (secondary N) is 2. The van der Waals surface area contributed by atoms with Gasteiger partial charge in [0.05, 0.1) is 16.8 Å². The van der Waals surface area contributed by atoms with E-state index in [4.69, 9.17) is 5.73 Å². The number of rotatable bonds is 5. The van der Waals surface area contributed by atoms with E-state index in [1.165, 1.54) is 29.7 Å². The Kier molecular flexibility index (Phi) is 4.13. The molecule has 7 nitrogen and oxygen atoms in total. The van der Waals surface area contributed by atoms with Gasteiger partial charge in [0.25, 0.3) is 10.0 Å². The largest absolute Gasteiger partial charge is 0.384 e. The molecule has 0 fully saturated rings. The molecule has 9 heteroatoms. The first-order valence-corrected chi connectivity index (χ1v) is 8.90. The predicted octanol–water partition coefficient (Wildman–Crippen LogP) is 2.66. The van der Waals surface area contributed by atoms with Crippen molar-refractivity contribution in [2.75, 3.05) is 15.8 Å². The fraction of sp³-hybridized carbons (Fsp3) is 0. The normalized spacial score (nSPS) is 11.1. The summed E-state index contributed by atoms with van der Waals surface area (Å²) in [5, 5.41) is 5.15. The third-order valence-electron chi connectivity index (χ3n) is 2.89. The van der Waals surface area contributed by atoms with E-state index in [1.807, 2.05) is 0 Å². The van der Waals surface area contributed by atoms with Gasteiger partial charge in [-0.05, 0) is 36.4 Å². The molecule has 118 valence electrons. The van der Waals surface area contributed by atoms with Crippen molar-refractivity contribution in [3.8, 4) is 0 Å². The molecule has 0 bridgehead atoms. The number of nitrogen functional groups attached to an aromatic ring is 1. The molecule has 0 radical (unpaired) electrons. The molecule has 1 aromatic carbocycles. The summed E-state index contributed by atoms with van der Waals surface area (Å²) in [5.74, 6) is 0.435. The first kappa shape index (κ1) is 15.3. The second-order valence-electron chi connectivity index (χ2n) is 4.56. The standard InChI is InChI=1S/C14H13N5O2S2/c15-13-6-3-11(9-17-13)18-10-1-4-12(5-2-10)23(20,21)19-14-16-7-8-22-14/h1-9,18H,(H2,15,17)(H,16,19). The van der Waals surface area contributed by atoms with Crippen molar-refractivity contribution >= 4 is 43.7 Å². The minimum absolute atomic E-state index is 0.161. The average molecular weight is 347 g/mol. The molecule has 0 amide bonds. The highest BCUT2D eigenvalue weighted by Crippen LogP contribution is 2.21. The first-order chi connectivity index (χ1) is 11.0. The highest BCUT2D eigenvalue weighted by atomic mass is 32.2. The second kappa shape index (κ2) is 6.23. The molecule has 0 atom stereocenters. The van der Waals surface area contributed by atoms with E-state index >= 15 is 0 Å². The summed E-state index contributed by atoms with van der Waals surface area (Å²) in [6, 6.07) is 9.85. The van der Waals surface area contributed by atoms with Gasteiger partial charge in [-0.1, -0.05) is 0 Å². The van der Waals surface area contributed by atoms with E-state index in [0.29, 0.717) is 10.9 Å². The lowest BCUT2D eigenvalue weighted by Crippen LogP contribution is -2.12. The summed E-state index contributed by atoms with van der Waals surface area (Å²) in [6.07, 6.45) is 3.14. The molecule has 0 aliphatic heterocycles. The Bertz CT molecular complexity index is 876. The van der Waals surface area contributed by atoms with Crippen LogP contribution in [0, 0.1) is 0 Å². The fourth-order valence-corrected chi connectivity index (χ4v) is 3.60. The number of anilines is 4. The molecule has 0 saturated carbocycles. The van der Waals surface area contributed by atoms with E-state index in [2.05, 4.69) is 20.0 Å². The number of hydrogen-bond donors (Lipinski definition) is 3. The number of benzene rings is 1. The van der Waals surface area contributed by atoms with Gasteiger partial charge in [0.2, 0.25) is 0 Å². The molecule has 0 spiro atoms. The Morgan fingerprint density at radius 2 is 1.74 bits per heavy atom. The van der Waals surface area contributed by atoms with Crippen LogP contribution in [-0.4, -0.2) is 18.4 Å². The number of nitrogens with two attached hydrogens (primary N) is 1. The van der Waals surface area contributed by atoms with Crippen LogP contribution in [0.15, 0.2) is 59.1 Å². The molecule has 0 aliphatic carbocycles. The van der Waals surface area contributed by atoms with Crippen molar-refractivity contribution in [3.05, 3.63) is 54.2 Å². The first-order valence-electron chi connectivity index (χ1n) is 6.54. The van der Waals surface area contributed by atoms with Gasteiger partial charge in [-0.2, -0.15) is 0 Å². The van der Waals surface area contributed by atoms with Gasteiger partial charge in [-0.3, -0.25) is 4.72 Å². The van der Waals surface area contributed by atoms with E-state index in [1.54, 1.807) is 35.8 Å². The van der Waals surface area contributed by atoms with E-state index < -0.39 is 10.0 Å². The lowest BCUT2D eigenvalue weighted by molar-refractivity contribution is 0.601. The van der Waals surface area contributed by atoms with Crippen LogP contribution in [0.4, 0.5) is 22.3 Å². The highest BCUT2D eigenvalue weighted by Gasteiger charge is 2.15. The SMILES string of the molecule is Nc1ccc(Nc2ccc(S(=O)(=O)Nc3nccs3)cc2)cn1. The van der Waals surface area contributed by atoms with E-state index in [-0.39, 0.29) is 4.90 Å². The Morgan fingerprint density at radius 1 is 1.00 bits per heavy atom. The predicted molar refractivity (Wildman–Crippen MR) is 91.3 cm³/mol. The summed E-state index contributed by atoms with van der Waals surface area (Å²) in [7, 11) is -3.64. The maximum absolute atomic E-state index is 12.2. The zero-order valence-electron chi connectivity index (χ0n) is 11.8. The molecule has 0 saturated heterocycles. The van der Waals surface area contributed by atoms with Crippen molar-refractivity contribution in [3.63, 3.8) is 0 Å². The average Bonchev–Trinajstić information content (AvgIpc) is 3.02. The summed E-state index contributed by atoms with van der Waals surface area (Å²) in [6.45, 7) is 0. The number of hydrogen-bond acceptors (Lipinski definition) is 7. The van der Waals surface area contributed by atoms with Crippen LogP contribution in [0.3, 0.4) is 0 Å². The van der Waals surface area contributed by atoms with Crippen LogP contribution >= 0.6 is 11.3 Å². The van der Waals surface area contributed by atoms with Crippen LogP contribution in [0.1, 0.15) is 0 Å². The Balaban J connectivity index is 1.75. The molecule has 3 aromatic rings. The number of aromatic nitrogens is 2. The third-order valence-corrected chi connectivity index (χ3v) is 5.07. The zero-order chi connectivity index (χ0) is 16.3. The third kappa shape index (κ3) is 3.76. The molecule has 4 N–H and O–H groups in total. The van der Waals surface area contributed by atoms with Crippen molar-refractivity contribution in [1.82, 2.24) is 9.97 Å². The van der Waals surface area contributed by atoms with Crippen LogP contribution in [-0.2, 0) is 10.0 Å². The number of nitrogens with zero attached hydrogens (tertiary/aromatic N) is 2. The Hall–Kier alpha value is -2.65. The van der Waals surface area contributed by atoms with Gasteiger partial charge in [0.15, 0.2) is 5.13 Å². The maximum atomic E-state index is 12.2. The molecule has 3 rings (SSSR count). The van der Waals surface area contributed by atoms with Crippen molar-refractivity contribution in [2.45, 2.75) is 4.90 Å². The minimum atomic E-state index is -3.64. The topological polar surface area (TPSA) is 110 Å². The van der Waals surface area contributed by atoms with Crippen LogP contribution in [0.2, 0.25) is 0 Å². The monoisotopic (exact) mass is 347 g/mol. The Morgan fingerprint density at radius 3 is 2.35 bits per heavy atom. The molecule has 2 heterocycles. The molecule has 0 unspecified atom stereocenters. The summed E-state index contributed by atoms with van der Waals surface area (Å²) < 4.78 is 26.9. The van der Waals surface area contributed by atoms with Gasteiger partial charge < -0.3 is 11.1 Å². The quantitative estimate of drug-likeness (QED) is 0.654. The minimum Gasteiger partial charge on any atom is -0.384 e. The Labute approximate surface area is 137 Å². The summed E-state index contributed by atoms with van der Waals surface area (Å²) in [5.41, 5.74) is 7.03. The number of sulfonamides is 1. The van der Waals surface area contributed by atoms with Crippen molar-refractivity contribution in [1.29, 1.82) is 0 Å². The van der Waals surface area contributed by atoms with E-state index in [0.717, 1.165) is 11.4 Å². The van der Waals surface area contributed by atoms with Crippen molar-refractivity contribution in [2.24, 2.45) is 0 Å². The van der Waals surface area contributed by atoms with Crippen molar-refractivity contribution < 1.29 is 8.42 Å². The molecule has 0 aliphatic rings. The van der Waals surface area contributed by atoms with Gasteiger partial charge in [0, 0.05) is 17.3 Å². The highest BCUT2D eigenvalue weighted by molar-refractivity contribution is 7.93. The lowest BCUT2D eigenvalue weighted by Gasteiger charge is -2.08. The maximum Gasteiger partial charge on any atom is 0.263 e. The zero-order valence-corrected chi connectivity index (χ0v) is 13.4. The van der Waals surface area contributed by atoms with Gasteiger partial charge in [-0.25, -0.2) is 18.4 Å². The number of thiazole rings is 1. The molecule has 2 aromatic heterocycles. The fourth-order valence-electron chi connectivity index (χ4n) is 1.81. The van der Waals surface area contributed by atoms with Crippen LogP contribution in [0.5, 0.6) is 0 Å². The van der Waals surface area contributed by atoms with Gasteiger partial charge in [0.1, 0.15) is 5.82 Å². The second-order valence-corrected chi connectivity index (χ2v) is 7.14. The van der Waals surface area contributed by atoms with Gasteiger partial charge >= 0.3 is 0 Å². The smallest absolute Gasteiger partial charge is 0.263 e.